The summed E-state index contributed by atoms with van der Waals surface area (Å²) in [5.74, 6) is -1.04. The molecule has 19 heavy (non-hydrogen) atoms. The number of likely N-dealkylation sites (tertiary alicyclic amines) is 1. The summed E-state index contributed by atoms with van der Waals surface area (Å²) >= 11 is 0. The van der Waals surface area contributed by atoms with Crippen molar-refractivity contribution in [1.82, 2.24) is 4.90 Å². The highest BCUT2D eigenvalue weighted by Gasteiger charge is 2.33. The van der Waals surface area contributed by atoms with Crippen molar-refractivity contribution in [3.8, 4) is 0 Å². The molecule has 1 heterocycles. The monoisotopic (exact) mass is 265 g/mol. The first-order valence-corrected chi connectivity index (χ1v) is 6.28. The van der Waals surface area contributed by atoms with E-state index in [0.29, 0.717) is 18.5 Å². The molecule has 4 nitrogen and oxygen atoms in total. The first-order chi connectivity index (χ1) is 9.13. The van der Waals surface area contributed by atoms with E-state index in [1.54, 1.807) is 0 Å². The summed E-state index contributed by atoms with van der Waals surface area (Å²) in [5.41, 5.74) is 0.386. The molecule has 1 fully saturated rings. The van der Waals surface area contributed by atoms with Crippen molar-refractivity contribution in [2.24, 2.45) is 0 Å². The molecule has 1 aromatic carbocycles. The molecule has 0 spiro atoms. The summed E-state index contributed by atoms with van der Waals surface area (Å²) in [6.45, 7) is 0.524. The number of halogens is 1. The number of benzene rings is 1. The van der Waals surface area contributed by atoms with Crippen LogP contribution in [0.2, 0.25) is 0 Å². The zero-order chi connectivity index (χ0) is 13.8. The molecule has 1 saturated heterocycles. The maximum atomic E-state index is 12.9. The highest BCUT2D eigenvalue weighted by molar-refractivity contribution is 5.96. The molecule has 0 N–H and O–H groups in total. The van der Waals surface area contributed by atoms with Crippen molar-refractivity contribution in [2.75, 3.05) is 13.7 Å². The number of carbonyl (C=O) groups is 2. The maximum absolute atomic E-state index is 12.9. The van der Waals surface area contributed by atoms with Crippen LogP contribution in [0.1, 0.15) is 29.6 Å². The van der Waals surface area contributed by atoms with E-state index >= 15 is 0 Å². The Morgan fingerprint density at radius 3 is 2.58 bits per heavy atom. The van der Waals surface area contributed by atoms with Gasteiger partial charge in [0.15, 0.2) is 0 Å². The quantitative estimate of drug-likeness (QED) is 0.768. The van der Waals surface area contributed by atoms with E-state index in [9.17, 15) is 14.0 Å². The SMILES string of the molecule is COC(=O)C1CCCCN1C(=O)c1ccc(F)cc1. The van der Waals surface area contributed by atoms with Gasteiger partial charge in [-0.15, -0.1) is 0 Å². The summed E-state index contributed by atoms with van der Waals surface area (Å²) in [7, 11) is 1.32. The third-order valence-corrected chi connectivity index (χ3v) is 3.33. The predicted molar refractivity (Wildman–Crippen MR) is 67.1 cm³/mol. The minimum absolute atomic E-state index is 0.255. The van der Waals surface area contributed by atoms with Crippen molar-refractivity contribution in [3.63, 3.8) is 0 Å². The number of carbonyl (C=O) groups excluding carboxylic acids is 2. The van der Waals surface area contributed by atoms with Crippen molar-refractivity contribution in [2.45, 2.75) is 25.3 Å². The lowest BCUT2D eigenvalue weighted by Gasteiger charge is -2.33. The standard InChI is InChI=1S/C14H16FNO3/c1-19-14(18)12-4-2-3-9-16(12)13(17)10-5-7-11(15)8-6-10/h5-8,12H,2-4,9H2,1H3. The summed E-state index contributed by atoms with van der Waals surface area (Å²) in [5, 5.41) is 0. The van der Waals surface area contributed by atoms with Crippen LogP contribution in [-0.2, 0) is 9.53 Å². The molecule has 5 heteroatoms. The third kappa shape index (κ3) is 2.92. The van der Waals surface area contributed by atoms with Crippen LogP contribution in [0.25, 0.3) is 0 Å². The number of methoxy groups -OCH3 is 1. The van der Waals surface area contributed by atoms with Crippen molar-refractivity contribution >= 4 is 11.9 Å². The van der Waals surface area contributed by atoms with E-state index < -0.39 is 12.0 Å². The molecule has 1 unspecified atom stereocenters. The van der Waals surface area contributed by atoms with Gasteiger partial charge >= 0.3 is 5.97 Å². The lowest BCUT2D eigenvalue weighted by molar-refractivity contribution is -0.147. The van der Waals surface area contributed by atoms with E-state index in [4.69, 9.17) is 4.74 Å². The van der Waals surface area contributed by atoms with Crippen LogP contribution < -0.4 is 0 Å². The lowest BCUT2D eigenvalue weighted by atomic mass is 10.0. The number of nitrogens with zero attached hydrogens (tertiary/aromatic N) is 1. The Hall–Kier alpha value is -1.91. The highest BCUT2D eigenvalue weighted by atomic mass is 19.1. The zero-order valence-electron chi connectivity index (χ0n) is 10.8. The number of hydrogen-bond donors (Lipinski definition) is 0. The minimum Gasteiger partial charge on any atom is -0.467 e. The van der Waals surface area contributed by atoms with Gasteiger partial charge in [0.25, 0.3) is 5.91 Å². The molecule has 0 bridgehead atoms. The molecular formula is C14H16FNO3. The van der Waals surface area contributed by atoms with Crippen LogP contribution in [0, 0.1) is 5.82 Å². The summed E-state index contributed by atoms with van der Waals surface area (Å²) < 4.78 is 17.6. The van der Waals surface area contributed by atoms with Gasteiger partial charge < -0.3 is 9.64 Å². The lowest BCUT2D eigenvalue weighted by Crippen LogP contribution is -2.48. The van der Waals surface area contributed by atoms with Crippen molar-refractivity contribution in [3.05, 3.63) is 35.6 Å². The van der Waals surface area contributed by atoms with Gasteiger partial charge in [-0.3, -0.25) is 4.79 Å². The molecule has 0 aromatic heterocycles. The average Bonchev–Trinajstić information content (AvgIpc) is 2.46. The molecule has 1 aliphatic rings. The Kier molecular flexibility index (Phi) is 4.14. The number of piperidine rings is 1. The van der Waals surface area contributed by atoms with Crippen LogP contribution in [0.15, 0.2) is 24.3 Å². The van der Waals surface area contributed by atoms with Gasteiger partial charge in [-0.05, 0) is 43.5 Å². The second-order valence-corrected chi connectivity index (χ2v) is 4.54. The summed E-state index contributed by atoms with van der Waals surface area (Å²) in [6.07, 6.45) is 2.37. The Morgan fingerprint density at radius 2 is 1.95 bits per heavy atom. The van der Waals surface area contributed by atoms with Gasteiger partial charge in [0.2, 0.25) is 0 Å². The molecule has 0 aliphatic carbocycles. The van der Waals surface area contributed by atoms with Crippen LogP contribution >= 0.6 is 0 Å². The molecular weight excluding hydrogens is 249 g/mol. The molecule has 1 aliphatic heterocycles. The van der Waals surface area contributed by atoms with Gasteiger partial charge in [0.05, 0.1) is 7.11 Å². The topological polar surface area (TPSA) is 46.6 Å². The fourth-order valence-electron chi connectivity index (χ4n) is 2.31. The smallest absolute Gasteiger partial charge is 0.328 e. The Morgan fingerprint density at radius 1 is 1.26 bits per heavy atom. The number of rotatable bonds is 2. The average molecular weight is 265 g/mol. The Bertz CT molecular complexity index is 472. The molecule has 102 valence electrons. The van der Waals surface area contributed by atoms with E-state index in [0.717, 1.165) is 12.8 Å². The van der Waals surface area contributed by atoms with E-state index in [1.165, 1.54) is 36.3 Å². The van der Waals surface area contributed by atoms with Crippen LogP contribution in [0.3, 0.4) is 0 Å². The van der Waals surface area contributed by atoms with Gasteiger partial charge in [0.1, 0.15) is 11.9 Å². The van der Waals surface area contributed by atoms with Crippen LogP contribution in [0.5, 0.6) is 0 Å². The van der Waals surface area contributed by atoms with Gasteiger partial charge in [-0.2, -0.15) is 0 Å². The van der Waals surface area contributed by atoms with E-state index in [2.05, 4.69) is 0 Å². The molecule has 1 aromatic rings. The second-order valence-electron chi connectivity index (χ2n) is 4.54. The van der Waals surface area contributed by atoms with Gasteiger partial charge in [0, 0.05) is 12.1 Å². The van der Waals surface area contributed by atoms with E-state index in [1.807, 2.05) is 0 Å². The van der Waals surface area contributed by atoms with Gasteiger partial charge in [-0.1, -0.05) is 0 Å². The van der Waals surface area contributed by atoms with Crippen molar-refractivity contribution < 1.29 is 18.7 Å². The largest absolute Gasteiger partial charge is 0.467 e. The Labute approximate surface area is 111 Å². The molecule has 1 amide bonds. The maximum Gasteiger partial charge on any atom is 0.328 e. The first kappa shape index (κ1) is 13.5. The number of hydrogen-bond acceptors (Lipinski definition) is 3. The normalized spacial score (nSPS) is 19.1. The zero-order valence-corrected chi connectivity index (χ0v) is 10.8. The van der Waals surface area contributed by atoms with Crippen LogP contribution in [0.4, 0.5) is 4.39 Å². The third-order valence-electron chi connectivity index (χ3n) is 3.33. The first-order valence-electron chi connectivity index (χ1n) is 6.28. The molecule has 0 radical (unpaired) electrons. The predicted octanol–water partition coefficient (Wildman–Crippen LogP) is 1.99. The van der Waals surface area contributed by atoms with E-state index in [-0.39, 0.29) is 11.7 Å². The molecule has 2 rings (SSSR count). The fourth-order valence-corrected chi connectivity index (χ4v) is 2.31. The number of ether oxygens (including phenoxy) is 1. The molecule has 1 atom stereocenters. The highest BCUT2D eigenvalue weighted by Crippen LogP contribution is 2.20. The summed E-state index contributed by atoms with van der Waals surface area (Å²) in [4.78, 5) is 25.5. The second kappa shape index (κ2) is 5.82. The summed E-state index contributed by atoms with van der Waals surface area (Å²) in [6, 6.07) is 4.81. The molecule has 0 saturated carbocycles. The number of esters is 1. The minimum atomic E-state index is -0.531. The fraction of sp³-hybridized carbons (Fsp3) is 0.429. The van der Waals surface area contributed by atoms with Crippen molar-refractivity contribution in [1.29, 1.82) is 0 Å². The van der Waals surface area contributed by atoms with Gasteiger partial charge in [-0.25, -0.2) is 9.18 Å². The Balaban J connectivity index is 2.20. The van der Waals surface area contributed by atoms with Crippen LogP contribution in [-0.4, -0.2) is 36.5 Å². The number of amides is 1.